The molecule has 7 aromatic rings. The molecular formula is C43H38. The van der Waals surface area contributed by atoms with E-state index >= 15 is 0 Å². The van der Waals surface area contributed by atoms with Crippen LogP contribution >= 0.6 is 0 Å². The largest absolute Gasteiger partial charge is 0.0622 e. The van der Waals surface area contributed by atoms with E-state index in [0.29, 0.717) is 0 Å². The monoisotopic (exact) mass is 554 g/mol. The smallest absolute Gasteiger partial charge is 0.0149 e. The van der Waals surface area contributed by atoms with Gasteiger partial charge in [-0.25, -0.2) is 0 Å². The Kier molecular flexibility index (Phi) is 9.96. The van der Waals surface area contributed by atoms with E-state index in [1.165, 1.54) is 60.8 Å². The molecule has 0 amide bonds. The molecular weight excluding hydrogens is 516 g/mol. The zero-order valence-electron chi connectivity index (χ0n) is 25.2. The molecule has 0 nitrogen and oxygen atoms in total. The van der Waals surface area contributed by atoms with Crippen molar-refractivity contribution in [2.24, 2.45) is 0 Å². The minimum absolute atomic E-state index is 1.28. The number of rotatable bonds is 3. The van der Waals surface area contributed by atoms with Gasteiger partial charge in [-0.15, -0.1) is 0 Å². The number of fused-ring (bicyclic) bond motifs is 1. The Morgan fingerprint density at radius 2 is 0.721 bits per heavy atom. The SMILES string of the molecule is Cc1c(-c2ccccc2)cccc1-c1ccccc1.Cc1ccc2ccccc2c1.Cc1ccccc1-c1ccccc1. The molecule has 0 aliphatic carbocycles. The summed E-state index contributed by atoms with van der Waals surface area (Å²) in [5.41, 5.74) is 11.8. The van der Waals surface area contributed by atoms with E-state index in [2.05, 4.69) is 191 Å². The summed E-state index contributed by atoms with van der Waals surface area (Å²) >= 11 is 0. The van der Waals surface area contributed by atoms with Gasteiger partial charge in [-0.05, 0) is 76.1 Å². The summed E-state index contributed by atoms with van der Waals surface area (Å²) in [4.78, 5) is 0. The maximum Gasteiger partial charge on any atom is -0.0149 e. The standard InChI is InChI=1S/C19H16.C13H12.C11H10/c1-15-18(16-9-4-2-5-10-16)13-8-14-19(15)17-11-6-3-7-12-17;1-11-7-5-6-10-13(11)12-8-3-2-4-9-12;1-9-6-7-10-4-2-3-5-11(10)8-9/h2-14H,1H3;2-10H,1H3;2-8H,1H3. The zero-order valence-corrected chi connectivity index (χ0v) is 25.2. The van der Waals surface area contributed by atoms with Crippen LogP contribution in [0.1, 0.15) is 16.7 Å². The highest BCUT2D eigenvalue weighted by Crippen LogP contribution is 2.31. The van der Waals surface area contributed by atoms with Gasteiger partial charge < -0.3 is 0 Å². The van der Waals surface area contributed by atoms with Crippen molar-refractivity contribution in [3.63, 3.8) is 0 Å². The minimum Gasteiger partial charge on any atom is -0.0622 e. The summed E-state index contributed by atoms with van der Waals surface area (Å²) in [6, 6.07) is 61.5. The van der Waals surface area contributed by atoms with Gasteiger partial charge in [0.15, 0.2) is 0 Å². The summed E-state index contributed by atoms with van der Waals surface area (Å²) in [5.74, 6) is 0. The topological polar surface area (TPSA) is 0 Å². The predicted molar refractivity (Wildman–Crippen MR) is 187 cm³/mol. The Labute approximate surface area is 257 Å². The first-order valence-electron chi connectivity index (χ1n) is 14.9. The number of hydrogen-bond acceptors (Lipinski definition) is 0. The van der Waals surface area contributed by atoms with E-state index in [0.717, 1.165) is 0 Å². The first-order valence-corrected chi connectivity index (χ1v) is 14.9. The summed E-state index contributed by atoms with van der Waals surface area (Å²) in [7, 11) is 0. The Morgan fingerprint density at radius 1 is 0.302 bits per heavy atom. The van der Waals surface area contributed by atoms with Crippen molar-refractivity contribution in [1.82, 2.24) is 0 Å². The highest BCUT2D eigenvalue weighted by atomic mass is 14.1. The number of aryl methyl sites for hydroxylation is 2. The normalized spacial score (nSPS) is 10.2. The van der Waals surface area contributed by atoms with Gasteiger partial charge in [0.1, 0.15) is 0 Å². The van der Waals surface area contributed by atoms with Crippen LogP contribution in [0.2, 0.25) is 0 Å². The van der Waals surface area contributed by atoms with Crippen molar-refractivity contribution in [2.45, 2.75) is 20.8 Å². The van der Waals surface area contributed by atoms with Crippen molar-refractivity contribution < 1.29 is 0 Å². The fraction of sp³-hybridized carbons (Fsp3) is 0.0698. The number of benzene rings is 7. The van der Waals surface area contributed by atoms with Gasteiger partial charge in [0.25, 0.3) is 0 Å². The van der Waals surface area contributed by atoms with Crippen molar-refractivity contribution in [1.29, 1.82) is 0 Å². The van der Waals surface area contributed by atoms with Crippen molar-refractivity contribution >= 4 is 10.8 Å². The van der Waals surface area contributed by atoms with Gasteiger partial charge in [-0.1, -0.05) is 181 Å². The van der Waals surface area contributed by atoms with E-state index in [1.807, 2.05) is 6.07 Å². The van der Waals surface area contributed by atoms with Gasteiger partial charge in [-0.3, -0.25) is 0 Å². The molecule has 0 heterocycles. The van der Waals surface area contributed by atoms with E-state index < -0.39 is 0 Å². The molecule has 210 valence electrons. The lowest BCUT2D eigenvalue weighted by Crippen LogP contribution is -1.87. The average Bonchev–Trinajstić information content (AvgIpc) is 3.07. The molecule has 0 heteroatoms. The Bertz CT molecular complexity index is 1810. The van der Waals surface area contributed by atoms with Crippen LogP contribution in [-0.2, 0) is 0 Å². The third kappa shape index (κ3) is 7.76. The first kappa shape index (κ1) is 29.3. The molecule has 0 bridgehead atoms. The molecule has 7 aromatic carbocycles. The molecule has 0 N–H and O–H groups in total. The molecule has 0 spiro atoms. The lowest BCUT2D eigenvalue weighted by atomic mass is 9.93. The maximum absolute atomic E-state index is 2.20. The van der Waals surface area contributed by atoms with Gasteiger partial charge >= 0.3 is 0 Å². The van der Waals surface area contributed by atoms with Gasteiger partial charge in [0, 0.05) is 0 Å². The van der Waals surface area contributed by atoms with E-state index in [4.69, 9.17) is 0 Å². The Hall–Kier alpha value is -5.20. The van der Waals surface area contributed by atoms with E-state index in [-0.39, 0.29) is 0 Å². The lowest BCUT2D eigenvalue weighted by molar-refractivity contribution is 1.45. The first-order chi connectivity index (χ1) is 21.1. The lowest BCUT2D eigenvalue weighted by Gasteiger charge is -2.11. The highest BCUT2D eigenvalue weighted by Gasteiger charge is 2.07. The van der Waals surface area contributed by atoms with Crippen LogP contribution in [0, 0.1) is 20.8 Å². The molecule has 0 saturated heterocycles. The van der Waals surface area contributed by atoms with Crippen LogP contribution in [0.3, 0.4) is 0 Å². The van der Waals surface area contributed by atoms with E-state index in [1.54, 1.807) is 0 Å². The minimum atomic E-state index is 1.28. The molecule has 0 aliphatic heterocycles. The van der Waals surface area contributed by atoms with Crippen LogP contribution in [0.15, 0.2) is 176 Å². The van der Waals surface area contributed by atoms with Gasteiger partial charge in [0.05, 0.1) is 0 Å². The van der Waals surface area contributed by atoms with Crippen LogP contribution in [-0.4, -0.2) is 0 Å². The second-order valence-electron chi connectivity index (χ2n) is 10.7. The molecule has 0 aromatic heterocycles. The molecule has 0 radical (unpaired) electrons. The summed E-state index contributed by atoms with van der Waals surface area (Å²) in [6.07, 6.45) is 0. The van der Waals surface area contributed by atoms with Crippen molar-refractivity contribution in [3.05, 3.63) is 193 Å². The van der Waals surface area contributed by atoms with Gasteiger partial charge in [-0.2, -0.15) is 0 Å². The van der Waals surface area contributed by atoms with Gasteiger partial charge in [0.2, 0.25) is 0 Å². The predicted octanol–water partition coefficient (Wildman–Crippen LogP) is 12.1. The van der Waals surface area contributed by atoms with Crippen LogP contribution in [0.25, 0.3) is 44.2 Å². The maximum atomic E-state index is 2.20. The molecule has 0 saturated carbocycles. The second-order valence-corrected chi connectivity index (χ2v) is 10.7. The molecule has 0 fully saturated rings. The Morgan fingerprint density at radius 3 is 1.26 bits per heavy atom. The van der Waals surface area contributed by atoms with Crippen LogP contribution < -0.4 is 0 Å². The fourth-order valence-electron chi connectivity index (χ4n) is 5.32. The quantitative estimate of drug-likeness (QED) is 0.204. The summed E-state index contributed by atoms with van der Waals surface area (Å²) < 4.78 is 0. The third-order valence-electron chi connectivity index (χ3n) is 7.64. The average molecular weight is 555 g/mol. The van der Waals surface area contributed by atoms with Crippen molar-refractivity contribution in [2.75, 3.05) is 0 Å². The van der Waals surface area contributed by atoms with Crippen LogP contribution in [0.5, 0.6) is 0 Å². The number of hydrogen-bond donors (Lipinski definition) is 0. The molecule has 0 atom stereocenters. The molecule has 43 heavy (non-hydrogen) atoms. The highest BCUT2D eigenvalue weighted by molar-refractivity contribution is 5.83. The zero-order chi connectivity index (χ0) is 29.9. The molecule has 0 aliphatic rings. The van der Waals surface area contributed by atoms with Crippen LogP contribution in [0.4, 0.5) is 0 Å². The van der Waals surface area contributed by atoms with Crippen molar-refractivity contribution in [3.8, 4) is 33.4 Å². The summed E-state index contributed by atoms with van der Waals surface area (Å²) in [5, 5.41) is 2.64. The summed E-state index contributed by atoms with van der Waals surface area (Å²) in [6.45, 7) is 6.46. The fourth-order valence-corrected chi connectivity index (χ4v) is 5.32. The van der Waals surface area contributed by atoms with E-state index in [9.17, 15) is 0 Å². The molecule has 7 rings (SSSR count). The molecule has 0 unspecified atom stereocenters. The Balaban J connectivity index is 0.000000134. The third-order valence-corrected chi connectivity index (χ3v) is 7.64. The second kappa shape index (κ2) is 14.6.